The molecule has 1 aliphatic heterocycles. The summed E-state index contributed by atoms with van der Waals surface area (Å²) in [5.41, 5.74) is -0.0842. The molecule has 1 aliphatic rings. The lowest BCUT2D eigenvalue weighted by molar-refractivity contribution is -0.0613. The first-order valence-electron chi connectivity index (χ1n) is 7.18. The average Bonchev–Trinajstić information content (AvgIpc) is 2.36. The summed E-state index contributed by atoms with van der Waals surface area (Å²) >= 11 is 0. The van der Waals surface area contributed by atoms with E-state index in [0.29, 0.717) is 12.2 Å². The van der Waals surface area contributed by atoms with Crippen LogP contribution < -0.4 is 4.74 Å². The van der Waals surface area contributed by atoms with E-state index >= 15 is 0 Å². The predicted molar refractivity (Wildman–Crippen MR) is 80.9 cm³/mol. The Kier molecular flexibility index (Phi) is 4.33. The van der Waals surface area contributed by atoms with Crippen molar-refractivity contribution in [1.29, 1.82) is 0 Å². The Morgan fingerprint density at radius 3 is 2.48 bits per heavy atom. The Bertz CT molecular complexity index is 619. The molecule has 1 aromatic carbocycles. The molecule has 1 fully saturated rings. The first-order valence-corrected chi connectivity index (χ1v) is 8.62. The molecule has 1 N–H and O–H groups in total. The van der Waals surface area contributed by atoms with Crippen LogP contribution in [0.5, 0.6) is 5.75 Å². The Labute approximate surface area is 126 Å². The highest BCUT2D eigenvalue weighted by molar-refractivity contribution is 7.89. The van der Waals surface area contributed by atoms with Crippen molar-refractivity contribution in [3.05, 3.63) is 23.8 Å². The molecule has 0 saturated carbocycles. The average molecular weight is 313 g/mol. The minimum Gasteiger partial charge on any atom is -0.491 e. The number of β-amino-alcohol motifs (C(OH)–C–C–N with tert-alkyl or cyclic N) is 1. The summed E-state index contributed by atoms with van der Waals surface area (Å²) in [6.07, 6.45) is 0.597. The Morgan fingerprint density at radius 2 is 2.00 bits per heavy atom. The quantitative estimate of drug-likeness (QED) is 0.902. The van der Waals surface area contributed by atoms with Crippen LogP contribution in [0.2, 0.25) is 0 Å². The minimum atomic E-state index is -3.53. The zero-order valence-electron chi connectivity index (χ0n) is 13.0. The van der Waals surface area contributed by atoms with E-state index in [-0.39, 0.29) is 24.1 Å². The second-order valence-corrected chi connectivity index (χ2v) is 7.88. The summed E-state index contributed by atoms with van der Waals surface area (Å²) < 4.78 is 31.9. The number of aryl methyl sites for hydroxylation is 1. The van der Waals surface area contributed by atoms with E-state index in [1.165, 1.54) is 4.31 Å². The molecular formula is C15H23NO4S. The largest absolute Gasteiger partial charge is 0.491 e. The lowest BCUT2D eigenvalue weighted by atomic mass is 9.94. The number of benzene rings is 1. The monoisotopic (exact) mass is 313 g/mol. The van der Waals surface area contributed by atoms with E-state index in [1.54, 1.807) is 18.2 Å². The summed E-state index contributed by atoms with van der Waals surface area (Å²) in [6, 6.07) is 4.87. The van der Waals surface area contributed by atoms with Crippen molar-refractivity contribution in [2.45, 2.75) is 50.7 Å². The maximum Gasteiger partial charge on any atom is 0.243 e. The highest BCUT2D eigenvalue weighted by Gasteiger charge is 2.46. The second kappa shape index (κ2) is 5.59. The summed E-state index contributed by atoms with van der Waals surface area (Å²) in [4.78, 5) is 0.245. The first-order chi connectivity index (χ1) is 9.68. The summed E-state index contributed by atoms with van der Waals surface area (Å²) in [5, 5.41) is 9.97. The maximum atomic E-state index is 12.5. The molecule has 1 saturated heterocycles. The Morgan fingerprint density at radius 1 is 1.38 bits per heavy atom. The van der Waals surface area contributed by atoms with Crippen LogP contribution in [0.3, 0.4) is 0 Å². The SMILES string of the molecule is CCC1(O)CN(S(=O)(=O)c2ccc(OC(C)C)c(C)c2)C1. The van der Waals surface area contributed by atoms with Gasteiger partial charge in [0.2, 0.25) is 10.0 Å². The predicted octanol–water partition coefficient (Wildman–Crippen LogP) is 1.93. The van der Waals surface area contributed by atoms with Crippen LogP contribution in [0, 0.1) is 6.92 Å². The molecule has 0 unspecified atom stereocenters. The van der Waals surface area contributed by atoms with Crippen molar-refractivity contribution in [3.8, 4) is 5.75 Å². The normalized spacial score (nSPS) is 18.6. The fourth-order valence-corrected chi connectivity index (χ4v) is 4.01. The van der Waals surface area contributed by atoms with E-state index in [4.69, 9.17) is 4.74 Å². The van der Waals surface area contributed by atoms with Crippen molar-refractivity contribution in [2.75, 3.05) is 13.1 Å². The first kappa shape index (κ1) is 16.3. The molecule has 0 amide bonds. The zero-order chi connectivity index (χ0) is 15.8. The van der Waals surface area contributed by atoms with Gasteiger partial charge in [-0.05, 0) is 51.0 Å². The van der Waals surface area contributed by atoms with E-state index in [0.717, 1.165) is 5.56 Å². The van der Waals surface area contributed by atoms with E-state index in [2.05, 4.69) is 0 Å². The van der Waals surface area contributed by atoms with Gasteiger partial charge in [0.15, 0.2) is 0 Å². The van der Waals surface area contributed by atoms with Crippen LogP contribution in [-0.2, 0) is 10.0 Å². The summed E-state index contributed by atoms with van der Waals surface area (Å²) in [5.74, 6) is 0.692. The van der Waals surface area contributed by atoms with Gasteiger partial charge in [-0.15, -0.1) is 0 Å². The molecule has 0 radical (unpaired) electrons. The number of nitrogens with zero attached hydrogens (tertiary/aromatic N) is 1. The van der Waals surface area contributed by atoms with E-state index < -0.39 is 15.6 Å². The Hall–Kier alpha value is -1.11. The third-order valence-electron chi connectivity index (χ3n) is 3.75. The van der Waals surface area contributed by atoms with Crippen LogP contribution in [0.25, 0.3) is 0 Å². The van der Waals surface area contributed by atoms with Crippen LogP contribution in [0.4, 0.5) is 0 Å². The number of hydrogen-bond donors (Lipinski definition) is 1. The molecule has 2 rings (SSSR count). The van der Waals surface area contributed by atoms with Gasteiger partial charge in [0, 0.05) is 13.1 Å². The molecule has 0 spiro atoms. The molecule has 6 heteroatoms. The van der Waals surface area contributed by atoms with Gasteiger partial charge in [-0.1, -0.05) is 6.92 Å². The topological polar surface area (TPSA) is 66.8 Å². The van der Waals surface area contributed by atoms with Gasteiger partial charge < -0.3 is 9.84 Å². The number of hydrogen-bond acceptors (Lipinski definition) is 4. The van der Waals surface area contributed by atoms with Gasteiger partial charge >= 0.3 is 0 Å². The third-order valence-corrected chi connectivity index (χ3v) is 5.53. The summed E-state index contributed by atoms with van der Waals surface area (Å²) in [7, 11) is -3.53. The van der Waals surface area contributed by atoms with Gasteiger partial charge in [-0.25, -0.2) is 8.42 Å². The maximum absolute atomic E-state index is 12.5. The molecular weight excluding hydrogens is 290 g/mol. The van der Waals surface area contributed by atoms with E-state index in [9.17, 15) is 13.5 Å². The fraction of sp³-hybridized carbons (Fsp3) is 0.600. The molecule has 1 heterocycles. The second-order valence-electron chi connectivity index (χ2n) is 5.94. The van der Waals surface area contributed by atoms with Crippen LogP contribution in [0.15, 0.2) is 23.1 Å². The van der Waals surface area contributed by atoms with Crippen LogP contribution in [-0.4, -0.2) is 42.6 Å². The van der Waals surface area contributed by atoms with Crippen molar-refractivity contribution in [3.63, 3.8) is 0 Å². The lowest BCUT2D eigenvalue weighted by Crippen LogP contribution is -2.62. The molecule has 0 aliphatic carbocycles. The summed E-state index contributed by atoms with van der Waals surface area (Å²) in [6.45, 7) is 7.86. The van der Waals surface area contributed by atoms with Gasteiger partial charge in [0.1, 0.15) is 5.75 Å². The lowest BCUT2D eigenvalue weighted by Gasteiger charge is -2.44. The van der Waals surface area contributed by atoms with Gasteiger partial charge in [0.05, 0.1) is 16.6 Å². The highest BCUT2D eigenvalue weighted by atomic mass is 32.2. The minimum absolute atomic E-state index is 0.0427. The Balaban J connectivity index is 2.20. The van der Waals surface area contributed by atoms with Crippen molar-refractivity contribution in [1.82, 2.24) is 4.31 Å². The molecule has 0 aromatic heterocycles. The molecule has 0 atom stereocenters. The number of rotatable bonds is 5. The highest BCUT2D eigenvalue weighted by Crippen LogP contribution is 2.31. The van der Waals surface area contributed by atoms with Crippen molar-refractivity contribution < 1.29 is 18.3 Å². The van der Waals surface area contributed by atoms with Gasteiger partial charge in [-0.2, -0.15) is 4.31 Å². The zero-order valence-corrected chi connectivity index (χ0v) is 13.8. The number of sulfonamides is 1. The van der Waals surface area contributed by atoms with Crippen LogP contribution >= 0.6 is 0 Å². The molecule has 21 heavy (non-hydrogen) atoms. The van der Waals surface area contributed by atoms with Gasteiger partial charge in [-0.3, -0.25) is 0 Å². The van der Waals surface area contributed by atoms with Crippen molar-refractivity contribution >= 4 is 10.0 Å². The third kappa shape index (κ3) is 3.22. The molecule has 118 valence electrons. The fourth-order valence-electron chi connectivity index (χ4n) is 2.32. The van der Waals surface area contributed by atoms with Crippen molar-refractivity contribution in [2.24, 2.45) is 0 Å². The van der Waals surface area contributed by atoms with Crippen LogP contribution in [0.1, 0.15) is 32.8 Å². The number of ether oxygens (including phenoxy) is 1. The number of aliphatic hydroxyl groups is 1. The van der Waals surface area contributed by atoms with E-state index in [1.807, 2.05) is 27.7 Å². The molecule has 0 bridgehead atoms. The van der Waals surface area contributed by atoms with Gasteiger partial charge in [0.25, 0.3) is 0 Å². The smallest absolute Gasteiger partial charge is 0.243 e. The molecule has 1 aromatic rings. The molecule has 5 nitrogen and oxygen atoms in total. The standard InChI is InChI=1S/C15H23NO4S/c1-5-15(17)9-16(10-15)21(18,19)13-6-7-14(12(4)8-13)20-11(2)3/h6-8,11,17H,5,9-10H2,1-4H3.